The number of carbonyl (C=O) groups is 1. The largest absolute Gasteiger partial charge is 0.348 e. The van der Waals surface area contributed by atoms with Gasteiger partial charge in [0.1, 0.15) is 0 Å². The second kappa shape index (κ2) is 6.35. The highest BCUT2D eigenvalue weighted by Gasteiger charge is 2.07. The minimum absolute atomic E-state index is 0.0809. The Labute approximate surface area is 129 Å². The Morgan fingerprint density at radius 3 is 2.21 bits per heavy atom. The van der Waals surface area contributed by atoms with Crippen molar-refractivity contribution >= 4 is 37.8 Å². The molecular formula is C15H13Br2NO. The maximum absolute atomic E-state index is 12.0. The predicted molar refractivity (Wildman–Crippen MR) is 84.2 cm³/mol. The Kier molecular flexibility index (Phi) is 4.77. The van der Waals surface area contributed by atoms with Crippen LogP contribution in [0, 0.1) is 6.92 Å². The van der Waals surface area contributed by atoms with Crippen LogP contribution in [0.25, 0.3) is 0 Å². The van der Waals surface area contributed by atoms with Crippen LogP contribution in [0.15, 0.2) is 51.4 Å². The number of nitrogens with one attached hydrogen (secondary N) is 1. The van der Waals surface area contributed by atoms with Crippen LogP contribution in [0.5, 0.6) is 0 Å². The average molecular weight is 383 g/mol. The first kappa shape index (κ1) is 14.3. The Balaban J connectivity index is 2.03. The van der Waals surface area contributed by atoms with E-state index in [0.29, 0.717) is 12.1 Å². The minimum atomic E-state index is -0.0809. The first-order valence-electron chi connectivity index (χ1n) is 5.84. The molecule has 2 aromatic rings. The first-order chi connectivity index (χ1) is 9.04. The lowest BCUT2D eigenvalue weighted by Crippen LogP contribution is -2.22. The molecule has 4 heteroatoms. The molecule has 0 saturated carbocycles. The van der Waals surface area contributed by atoms with Crippen molar-refractivity contribution in [2.45, 2.75) is 13.5 Å². The molecule has 98 valence electrons. The number of halogens is 2. The third kappa shape index (κ3) is 4.18. The Bertz CT molecular complexity index is 573. The van der Waals surface area contributed by atoms with Gasteiger partial charge in [0, 0.05) is 21.1 Å². The molecule has 2 rings (SSSR count). The van der Waals surface area contributed by atoms with Gasteiger partial charge in [-0.15, -0.1) is 0 Å². The lowest BCUT2D eigenvalue weighted by molar-refractivity contribution is 0.0951. The van der Waals surface area contributed by atoms with E-state index >= 15 is 0 Å². The van der Waals surface area contributed by atoms with Crippen molar-refractivity contribution in [2.24, 2.45) is 0 Å². The second-order valence-corrected chi connectivity index (χ2v) is 6.16. The fourth-order valence-corrected chi connectivity index (χ4v) is 2.97. The van der Waals surface area contributed by atoms with Crippen molar-refractivity contribution in [3.05, 3.63) is 68.1 Å². The van der Waals surface area contributed by atoms with Crippen molar-refractivity contribution < 1.29 is 4.79 Å². The van der Waals surface area contributed by atoms with E-state index in [4.69, 9.17) is 0 Å². The molecule has 0 aliphatic carbocycles. The summed E-state index contributed by atoms with van der Waals surface area (Å²) in [5, 5.41) is 2.91. The fourth-order valence-electron chi connectivity index (χ4n) is 1.68. The van der Waals surface area contributed by atoms with Crippen LogP contribution in [0.3, 0.4) is 0 Å². The van der Waals surface area contributed by atoms with Crippen molar-refractivity contribution in [1.82, 2.24) is 5.32 Å². The summed E-state index contributed by atoms with van der Waals surface area (Å²) in [5.74, 6) is -0.0809. The molecule has 0 aliphatic heterocycles. The molecule has 0 bridgehead atoms. The third-order valence-electron chi connectivity index (χ3n) is 2.70. The first-order valence-corrected chi connectivity index (χ1v) is 7.43. The van der Waals surface area contributed by atoms with E-state index in [1.807, 2.05) is 37.3 Å². The molecule has 0 aromatic heterocycles. The topological polar surface area (TPSA) is 29.1 Å². The fraction of sp³-hybridized carbons (Fsp3) is 0.133. The highest BCUT2D eigenvalue weighted by Crippen LogP contribution is 2.20. The molecule has 0 saturated heterocycles. The smallest absolute Gasteiger partial charge is 0.251 e. The van der Waals surface area contributed by atoms with Gasteiger partial charge in [-0.1, -0.05) is 61.7 Å². The summed E-state index contributed by atoms with van der Waals surface area (Å²) in [5.41, 5.74) is 2.94. The van der Waals surface area contributed by atoms with Gasteiger partial charge in [-0.25, -0.2) is 0 Å². The van der Waals surface area contributed by atoms with E-state index < -0.39 is 0 Å². The molecule has 2 aromatic carbocycles. The van der Waals surface area contributed by atoms with Crippen molar-refractivity contribution in [3.63, 3.8) is 0 Å². The molecule has 0 heterocycles. The molecule has 0 radical (unpaired) electrons. The Morgan fingerprint density at radius 2 is 1.63 bits per heavy atom. The van der Waals surface area contributed by atoms with E-state index in [2.05, 4.69) is 37.2 Å². The summed E-state index contributed by atoms with van der Waals surface area (Å²) < 4.78 is 1.75. The third-order valence-corrected chi connectivity index (χ3v) is 3.61. The predicted octanol–water partition coefficient (Wildman–Crippen LogP) is 4.45. The lowest BCUT2D eigenvalue weighted by atomic mass is 10.1. The van der Waals surface area contributed by atoms with Gasteiger partial charge in [0.05, 0.1) is 0 Å². The van der Waals surface area contributed by atoms with Gasteiger partial charge in [-0.3, -0.25) is 4.79 Å². The zero-order valence-electron chi connectivity index (χ0n) is 10.4. The monoisotopic (exact) mass is 381 g/mol. The molecule has 1 N–H and O–H groups in total. The molecule has 2 nitrogen and oxygen atoms in total. The molecule has 0 fully saturated rings. The van der Waals surface area contributed by atoms with Gasteiger partial charge in [-0.2, -0.15) is 0 Å². The van der Waals surface area contributed by atoms with Gasteiger partial charge in [0.2, 0.25) is 0 Å². The van der Waals surface area contributed by atoms with E-state index in [1.165, 1.54) is 5.56 Å². The Hall–Kier alpha value is -1.13. The molecule has 0 spiro atoms. The van der Waals surface area contributed by atoms with Crippen LogP contribution in [0.1, 0.15) is 21.5 Å². The van der Waals surface area contributed by atoms with Gasteiger partial charge in [0.25, 0.3) is 5.91 Å². The summed E-state index contributed by atoms with van der Waals surface area (Å²) in [6.45, 7) is 2.57. The van der Waals surface area contributed by atoms with Crippen LogP contribution in [0.2, 0.25) is 0 Å². The lowest BCUT2D eigenvalue weighted by Gasteiger charge is -2.07. The van der Waals surface area contributed by atoms with Crippen LogP contribution in [-0.2, 0) is 6.54 Å². The van der Waals surface area contributed by atoms with E-state index in [-0.39, 0.29) is 5.91 Å². The summed E-state index contributed by atoms with van der Waals surface area (Å²) >= 11 is 6.75. The highest BCUT2D eigenvalue weighted by molar-refractivity contribution is 9.11. The standard InChI is InChI=1S/C15H13Br2NO/c1-10-2-4-11(5-3-10)9-18-15(19)12-6-13(16)8-14(17)7-12/h2-8H,9H2,1H3,(H,18,19). The summed E-state index contributed by atoms with van der Waals surface area (Å²) in [6.07, 6.45) is 0. The van der Waals surface area contributed by atoms with E-state index in [1.54, 1.807) is 12.1 Å². The number of hydrogen-bond acceptors (Lipinski definition) is 1. The van der Waals surface area contributed by atoms with Gasteiger partial charge >= 0.3 is 0 Å². The molecule has 0 aliphatic rings. The normalized spacial score (nSPS) is 10.3. The van der Waals surface area contributed by atoms with E-state index in [0.717, 1.165) is 14.5 Å². The molecule has 19 heavy (non-hydrogen) atoms. The molecule has 0 unspecified atom stereocenters. The Morgan fingerprint density at radius 1 is 1.05 bits per heavy atom. The van der Waals surface area contributed by atoms with Crippen LogP contribution in [0.4, 0.5) is 0 Å². The summed E-state index contributed by atoms with van der Waals surface area (Å²) in [6, 6.07) is 13.6. The van der Waals surface area contributed by atoms with Crippen LogP contribution >= 0.6 is 31.9 Å². The number of carbonyl (C=O) groups excluding carboxylic acids is 1. The molecule has 0 atom stereocenters. The number of rotatable bonds is 3. The highest BCUT2D eigenvalue weighted by atomic mass is 79.9. The second-order valence-electron chi connectivity index (χ2n) is 4.33. The number of hydrogen-bond donors (Lipinski definition) is 1. The van der Waals surface area contributed by atoms with E-state index in [9.17, 15) is 4.79 Å². The zero-order valence-corrected chi connectivity index (χ0v) is 13.6. The van der Waals surface area contributed by atoms with Crippen LogP contribution in [-0.4, -0.2) is 5.91 Å². The maximum Gasteiger partial charge on any atom is 0.251 e. The number of aryl methyl sites for hydroxylation is 1. The van der Waals surface area contributed by atoms with Gasteiger partial charge < -0.3 is 5.32 Å². The minimum Gasteiger partial charge on any atom is -0.348 e. The average Bonchev–Trinajstić information content (AvgIpc) is 2.36. The van der Waals surface area contributed by atoms with Gasteiger partial charge in [-0.05, 0) is 30.7 Å². The zero-order chi connectivity index (χ0) is 13.8. The maximum atomic E-state index is 12.0. The van der Waals surface area contributed by atoms with Crippen molar-refractivity contribution in [1.29, 1.82) is 0 Å². The SMILES string of the molecule is Cc1ccc(CNC(=O)c2cc(Br)cc(Br)c2)cc1. The van der Waals surface area contributed by atoms with Gasteiger partial charge in [0.15, 0.2) is 0 Å². The van der Waals surface area contributed by atoms with Crippen molar-refractivity contribution in [3.8, 4) is 0 Å². The summed E-state index contributed by atoms with van der Waals surface area (Å²) in [4.78, 5) is 12.0. The summed E-state index contributed by atoms with van der Waals surface area (Å²) in [7, 11) is 0. The quantitative estimate of drug-likeness (QED) is 0.834. The number of amides is 1. The van der Waals surface area contributed by atoms with Crippen LogP contribution < -0.4 is 5.32 Å². The molecular weight excluding hydrogens is 370 g/mol. The number of benzene rings is 2. The molecule has 1 amide bonds. The van der Waals surface area contributed by atoms with Crippen molar-refractivity contribution in [2.75, 3.05) is 0 Å².